The maximum Gasteiger partial charge on any atom is 0.335 e. The van der Waals surface area contributed by atoms with E-state index in [0.717, 1.165) is 0 Å². The molecule has 0 heterocycles. The second-order valence-corrected chi connectivity index (χ2v) is 9.22. The molecule has 1 N–H and O–H groups in total. The zero-order chi connectivity index (χ0) is 10.9. The highest BCUT2D eigenvalue weighted by Gasteiger charge is 2.26. The fraction of sp³-hybridized carbons (Fsp3) is 0.300. The number of rotatable bonds is 2. The van der Waals surface area contributed by atoms with Crippen LogP contribution in [-0.2, 0) is 0 Å². The van der Waals surface area contributed by atoms with Gasteiger partial charge in [0, 0.05) is 0 Å². The van der Waals surface area contributed by atoms with E-state index in [0.29, 0.717) is 5.19 Å². The third kappa shape index (κ3) is 2.01. The van der Waals surface area contributed by atoms with E-state index in [2.05, 4.69) is 0 Å². The fourth-order valence-electron chi connectivity index (χ4n) is 1.46. The molecule has 76 valence electrons. The molecule has 0 saturated carbocycles. The zero-order valence-corrected chi connectivity index (χ0v) is 9.47. The second-order valence-electron chi connectivity index (χ2n) is 4.22. The number of aromatic carboxylic acids is 1. The molecule has 0 aliphatic rings. The molecule has 0 fully saturated rings. The smallest absolute Gasteiger partial charge is 0.335 e. The number of hydrogen-bond donors (Lipinski definition) is 1. The average molecular weight is 212 g/mol. The van der Waals surface area contributed by atoms with Gasteiger partial charge in [0.25, 0.3) is 0 Å². The third-order valence-corrected chi connectivity index (χ3v) is 4.00. The van der Waals surface area contributed by atoms with Crippen LogP contribution in [-0.4, -0.2) is 19.1 Å². The number of benzene rings is 1. The Kier molecular flexibility index (Phi) is 2.75. The van der Waals surface area contributed by atoms with E-state index in [4.69, 9.17) is 5.11 Å². The molecule has 1 rings (SSSR count). The summed E-state index contributed by atoms with van der Waals surface area (Å²) >= 11 is 0. The minimum absolute atomic E-state index is 0.101. The Hall–Kier alpha value is -1.16. The monoisotopic (exact) mass is 212 g/mol. The molecule has 2 nitrogen and oxygen atoms in total. The SMILES string of the molecule is C[Si](C)(C)c1c(F)cccc1C(=O)O. The van der Waals surface area contributed by atoms with Gasteiger partial charge in [-0.3, -0.25) is 0 Å². The Bertz CT molecular complexity index is 369. The summed E-state index contributed by atoms with van der Waals surface area (Å²) in [6.07, 6.45) is 0. The summed E-state index contributed by atoms with van der Waals surface area (Å²) in [5.41, 5.74) is 0.101. The molecule has 0 atom stereocenters. The van der Waals surface area contributed by atoms with Crippen LogP contribution in [0.4, 0.5) is 4.39 Å². The molecule has 0 spiro atoms. The molecule has 0 saturated heterocycles. The van der Waals surface area contributed by atoms with Crippen LogP contribution in [0.25, 0.3) is 0 Å². The predicted octanol–water partition coefficient (Wildman–Crippen LogP) is 2.07. The highest BCUT2D eigenvalue weighted by atomic mass is 28.3. The van der Waals surface area contributed by atoms with Crippen molar-refractivity contribution in [2.24, 2.45) is 0 Å². The molecule has 0 radical (unpaired) electrons. The summed E-state index contributed by atoms with van der Waals surface area (Å²) in [7, 11) is -1.94. The van der Waals surface area contributed by atoms with Crippen molar-refractivity contribution in [1.29, 1.82) is 0 Å². The summed E-state index contributed by atoms with van der Waals surface area (Å²) in [5, 5.41) is 9.30. The lowest BCUT2D eigenvalue weighted by Crippen LogP contribution is -2.43. The van der Waals surface area contributed by atoms with Crippen LogP contribution in [0.5, 0.6) is 0 Å². The van der Waals surface area contributed by atoms with Gasteiger partial charge < -0.3 is 5.11 Å². The van der Waals surface area contributed by atoms with Gasteiger partial charge >= 0.3 is 5.97 Å². The van der Waals surface area contributed by atoms with Crippen LogP contribution < -0.4 is 5.19 Å². The van der Waals surface area contributed by atoms with E-state index in [9.17, 15) is 9.18 Å². The van der Waals surface area contributed by atoms with Gasteiger partial charge in [-0.05, 0) is 17.3 Å². The van der Waals surface area contributed by atoms with Gasteiger partial charge in [-0.25, -0.2) is 9.18 Å². The van der Waals surface area contributed by atoms with Crippen LogP contribution in [0.3, 0.4) is 0 Å². The van der Waals surface area contributed by atoms with Gasteiger partial charge in [-0.1, -0.05) is 25.7 Å². The van der Waals surface area contributed by atoms with Gasteiger partial charge in [-0.15, -0.1) is 0 Å². The number of carboxylic acid groups (broad SMARTS) is 1. The Labute approximate surface area is 83.4 Å². The van der Waals surface area contributed by atoms with Crippen LogP contribution in [0, 0.1) is 5.82 Å². The fourth-order valence-corrected chi connectivity index (χ4v) is 3.26. The highest BCUT2D eigenvalue weighted by molar-refractivity contribution is 6.89. The van der Waals surface area contributed by atoms with Gasteiger partial charge in [0.1, 0.15) is 5.82 Å². The van der Waals surface area contributed by atoms with Crippen LogP contribution in [0.15, 0.2) is 18.2 Å². The van der Waals surface area contributed by atoms with E-state index in [1.807, 2.05) is 19.6 Å². The first-order valence-electron chi connectivity index (χ1n) is 4.36. The highest BCUT2D eigenvalue weighted by Crippen LogP contribution is 2.10. The molecule has 0 bridgehead atoms. The minimum Gasteiger partial charge on any atom is -0.478 e. The van der Waals surface area contributed by atoms with E-state index in [1.54, 1.807) is 0 Å². The molecular formula is C10H13FO2Si. The van der Waals surface area contributed by atoms with Crippen molar-refractivity contribution in [1.82, 2.24) is 0 Å². The average Bonchev–Trinajstić information content (AvgIpc) is 2.01. The molecule has 0 aliphatic carbocycles. The molecule has 1 aromatic rings. The van der Waals surface area contributed by atoms with Crippen molar-refractivity contribution in [3.05, 3.63) is 29.6 Å². The van der Waals surface area contributed by atoms with Gasteiger partial charge in [-0.2, -0.15) is 0 Å². The first-order valence-corrected chi connectivity index (χ1v) is 7.86. The lowest BCUT2D eigenvalue weighted by Gasteiger charge is -2.19. The van der Waals surface area contributed by atoms with E-state index in [-0.39, 0.29) is 5.56 Å². The number of carboxylic acids is 1. The zero-order valence-electron chi connectivity index (χ0n) is 8.47. The topological polar surface area (TPSA) is 37.3 Å². The Morgan fingerprint density at radius 3 is 2.29 bits per heavy atom. The van der Waals surface area contributed by atoms with Crippen molar-refractivity contribution in [3.63, 3.8) is 0 Å². The molecule has 14 heavy (non-hydrogen) atoms. The van der Waals surface area contributed by atoms with Crippen molar-refractivity contribution in [2.75, 3.05) is 0 Å². The molecule has 1 aromatic carbocycles. The van der Waals surface area contributed by atoms with Crippen molar-refractivity contribution >= 4 is 19.2 Å². The minimum atomic E-state index is -1.94. The largest absolute Gasteiger partial charge is 0.478 e. The predicted molar refractivity (Wildman–Crippen MR) is 56.3 cm³/mol. The molecular weight excluding hydrogens is 199 g/mol. The van der Waals surface area contributed by atoms with Crippen molar-refractivity contribution in [2.45, 2.75) is 19.6 Å². The van der Waals surface area contributed by atoms with Gasteiger partial charge in [0.05, 0.1) is 13.6 Å². The summed E-state index contributed by atoms with van der Waals surface area (Å²) in [5.74, 6) is -1.45. The van der Waals surface area contributed by atoms with Gasteiger partial charge in [0.2, 0.25) is 0 Å². The van der Waals surface area contributed by atoms with E-state index >= 15 is 0 Å². The number of halogens is 1. The molecule has 0 unspecified atom stereocenters. The van der Waals surface area contributed by atoms with E-state index < -0.39 is 19.9 Å². The van der Waals surface area contributed by atoms with Crippen molar-refractivity contribution < 1.29 is 14.3 Å². The van der Waals surface area contributed by atoms with Crippen LogP contribution in [0.2, 0.25) is 19.6 Å². The third-order valence-electron chi connectivity index (χ3n) is 1.99. The summed E-state index contributed by atoms with van der Waals surface area (Å²) in [4.78, 5) is 10.9. The molecule has 4 heteroatoms. The summed E-state index contributed by atoms with van der Waals surface area (Å²) in [6, 6.07) is 4.21. The lowest BCUT2D eigenvalue weighted by molar-refractivity contribution is 0.0698. The maximum absolute atomic E-state index is 13.5. The standard InChI is InChI=1S/C10H13FO2Si/c1-14(2,3)9-7(10(12)13)5-4-6-8(9)11/h4-6H,1-3H3,(H,12,13). The quantitative estimate of drug-likeness (QED) is 0.762. The maximum atomic E-state index is 13.5. The Morgan fingerprint density at radius 1 is 1.36 bits per heavy atom. The Balaban J connectivity index is 3.45. The van der Waals surface area contributed by atoms with Crippen molar-refractivity contribution in [3.8, 4) is 0 Å². The first kappa shape index (κ1) is 10.9. The molecule has 0 aromatic heterocycles. The number of hydrogen-bond acceptors (Lipinski definition) is 1. The number of carbonyl (C=O) groups is 1. The summed E-state index contributed by atoms with van der Waals surface area (Å²) < 4.78 is 13.5. The van der Waals surface area contributed by atoms with Crippen LogP contribution >= 0.6 is 0 Å². The summed E-state index contributed by atoms with van der Waals surface area (Å²) in [6.45, 7) is 5.79. The normalized spacial score (nSPS) is 11.4. The molecule has 0 amide bonds. The van der Waals surface area contributed by atoms with Gasteiger partial charge in [0.15, 0.2) is 0 Å². The molecule has 0 aliphatic heterocycles. The first-order chi connectivity index (χ1) is 6.34. The van der Waals surface area contributed by atoms with E-state index in [1.165, 1.54) is 18.2 Å². The lowest BCUT2D eigenvalue weighted by atomic mass is 10.2. The Morgan fingerprint density at radius 2 is 1.93 bits per heavy atom. The van der Waals surface area contributed by atoms with Crippen LogP contribution in [0.1, 0.15) is 10.4 Å². The second kappa shape index (κ2) is 3.53.